The fourth-order valence-corrected chi connectivity index (χ4v) is 2.27. The molecule has 0 saturated heterocycles. The minimum atomic E-state index is -0.449. The molecule has 0 spiro atoms. The van der Waals surface area contributed by atoms with Crippen LogP contribution in [0.3, 0.4) is 0 Å². The van der Waals surface area contributed by atoms with E-state index in [4.69, 9.17) is 21.6 Å². The van der Waals surface area contributed by atoms with Crippen molar-refractivity contribution in [2.75, 3.05) is 0 Å². The summed E-state index contributed by atoms with van der Waals surface area (Å²) in [6.07, 6.45) is 1.70. The Morgan fingerprint density at radius 3 is 2.23 bits per heavy atom. The van der Waals surface area contributed by atoms with Gasteiger partial charge in [0.2, 0.25) is 0 Å². The Morgan fingerprint density at radius 1 is 0.962 bits per heavy atom. The van der Waals surface area contributed by atoms with Gasteiger partial charge in [0, 0.05) is 11.2 Å². The van der Waals surface area contributed by atoms with E-state index in [0.717, 1.165) is 11.3 Å². The van der Waals surface area contributed by atoms with Gasteiger partial charge in [0.05, 0.1) is 22.9 Å². The number of carbonyl (C=O) groups is 1. The SMILES string of the molecule is N#Cc1ccc(C=Nc2ccc(OC(=O)c3ccc(Cl)cc3)cc2)cc1. The molecule has 3 rings (SSSR count). The molecule has 0 bridgehead atoms. The summed E-state index contributed by atoms with van der Waals surface area (Å²) in [5.74, 6) is -0.0160. The highest BCUT2D eigenvalue weighted by Gasteiger charge is 2.08. The molecule has 26 heavy (non-hydrogen) atoms. The molecule has 0 aliphatic rings. The number of nitriles is 1. The van der Waals surface area contributed by atoms with Gasteiger partial charge in [-0.2, -0.15) is 5.26 Å². The van der Waals surface area contributed by atoms with Crippen molar-refractivity contribution in [2.24, 2.45) is 4.99 Å². The van der Waals surface area contributed by atoms with Gasteiger partial charge in [0.15, 0.2) is 0 Å². The van der Waals surface area contributed by atoms with Gasteiger partial charge >= 0.3 is 5.97 Å². The number of hydrogen-bond donors (Lipinski definition) is 0. The monoisotopic (exact) mass is 360 g/mol. The first kappa shape index (κ1) is 17.4. The smallest absolute Gasteiger partial charge is 0.343 e. The normalized spacial score (nSPS) is 10.5. The second-order valence-corrected chi connectivity index (χ2v) is 5.82. The highest BCUT2D eigenvalue weighted by molar-refractivity contribution is 6.30. The molecule has 0 aromatic heterocycles. The van der Waals surface area contributed by atoms with Crippen LogP contribution in [0.15, 0.2) is 77.8 Å². The Labute approximate surface area is 156 Å². The highest BCUT2D eigenvalue weighted by atomic mass is 35.5. The van der Waals surface area contributed by atoms with Crippen molar-refractivity contribution >= 4 is 29.5 Å². The Morgan fingerprint density at radius 2 is 1.62 bits per heavy atom. The van der Waals surface area contributed by atoms with Crippen molar-refractivity contribution in [3.05, 3.63) is 94.5 Å². The van der Waals surface area contributed by atoms with Crippen LogP contribution in [0.4, 0.5) is 5.69 Å². The topological polar surface area (TPSA) is 62.4 Å². The van der Waals surface area contributed by atoms with Crippen molar-refractivity contribution in [3.8, 4) is 11.8 Å². The number of carbonyl (C=O) groups excluding carboxylic acids is 1. The average molecular weight is 361 g/mol. The van der Waals surface area contributed by atoms with Crippen LogP contribution < -0.4 is 4.74 Å². The lowest BCUT2D eigenvalue weighted by molar-refractivity contribution is 0.0735. The Kier molecular flexibility index (Phi) is 5.43. The number of esters is 1. The van der Waals surface area contributed by atoms with Crippen molar-refractivity contribution in [2.45, 2.75) is 0 Å². The first-order valence-corrected chi connectivity index (χ1v) is 8.14. The van der Waals surface area contributed by atoms with Gasteiger partial charge in [-0.15, -0.1) is 0 Å². The van der Waals surface area contributed by atoms with E-state index < -0.39 is 5.97 Å². The zero-order valence-corrected chi connectivity index (χ0v) is 14.4. The van der Waals surface area contributed by atoms with E-state index in [9.17, 15) is 4.79 Å². The van der Waals surface area contributed by atoms with Crippen molar-refractivity contribution in [1.82, 2.24) is 0 Å². The Hall–Kier alpha value is -3.42. The molecule has 0 unspecified atom stereocenters. The molecule has 0 aliphatic carbocycles. The number of benzene rings is 3. The molecule has 0 N–H and O–H groups in total. The maximum atomic E-state index is 12.1. The van der Waals surface area contributed by atoms with Gasteiger partial charge < -0.3 is 4.74 Å². The zero-order chi connectivity index (χ0) is 18.4. The summed E-state index contributed by atoms with van der Waals surface area (Å²) < 4.78 is 5.32. The van der Waals surface area contributed by atoms with E-state index in [1.54, 1.807) is 66.9 Å². The summed E-state index contributed by atoms with van der Waals surface area (Å²) in [6.45, 7) is 0. The van der Waals surface area contributed by atoms with Crippen LogP contribution in [0, 0.1) is 11.3 Å². The molecule has 5 heteroatoms. The molecule has 0 atom stereocenters. The predicted molar refractivity (Wildman–Crippen MR) is 101 cm³/mol. The summed E-state index contributed by atoms with van der Waals surface area (Å²) in [4.78, 5) is 16.4. The van der Waals surface area contributed by atoms with E-state index in [1.165, 1.54) is 0 Å². The molecule has 3 aromatic carbocycles. The van der Waals surface area contributed by atoms with Crippen LogP contribution in [0.2, 0.25) is 5.02 Å². The van der Waals surface area contributed by atoms with Crippen molar-refractivity contribution in [1.29, 1.82) is 5.26 Å². The number of nitrogens with zero attached hydrogens (tertiary/aromatic N) is 2. The van der Waals surface area contributed by atoms with Crippen LogP contribution in [0.5, 0.6) is 5.75 Å². The van der Waals surface area contributed by atoms with Crippen LogP contribution in [0.25, 0.3) is 0 Å². The van der Waals surface area contributed by atoms with Crippen LogP contribution in [-0.4, -0.2) is 12.2 Å². The minimum Gasteiger partial charge on any atom is -0.423 e. The van der Waals surface area contributed by atoms with E-state index in [2.05, 4.69) is 11.1 Å². The molecule has 0 amide bonds. The Balaban J connectivity index is 1.64. The fraction of sp³-hybridized carbons (Fsp3) is 0. The third-order valence-electron chi connectivity index (χ3n) is 3.53. The number of aliphatic imine (C=N–C) groups is 1. The third kappa shape index (κ3) is 4.56. The van der Waals surface area contributed by atoms with Crippen LogP contribution in [0.1, 0.15) is 21.5 Å². The van der Waals surface area contributed by atoms with Gasteiger partial charge in [-0.3, -0.25) is 4.99 Å². The van der Waals surface area contributed by atoms with Crippen molar-refractivity contribution < 1.29 is 9.53 Å². The van der Waals surface area contributed by atoms with Gasteiger partial charge in [0.1, 0.15) is 5.75 Å². The first-order chi connectivity index (χ1) is 12.6. The average Bonchev–Trinajstić information content (AvgIpc) is 2.68. The second-order valence-electron chi connectivity index (χ2n) is 5.38. The fourth-order valence-electron chi connectivity index (χ4n) is 2.14. The van der Waals surface area contributed by atoms with Crippen molar-refractivity contribution in [3.63, 3.8) is 0 Å². The number of rotatable bonds is 4. The molecule has 3 aromatic rings. The molecular weight excluding hydrogens is 348 g/mol. The van der Waals surface area contributed by atoms with Crippen LogP contribution in [-0.2, 0) is 0 Å². The van der Waals surface area contributed by atoms with Gasteiger partial charge in [-0.05, 0) is 66.2 Å². The second kappa shape index (κ2) is 8.11. The van der Waals surface area contributed by atoms with Gasteiger partial charge in [0.25, 0.3) is 0 Å². The van der Waals surface area contributed by atoms with E-state index >= 15 is 0 Å². The lowest BCUT2D eigenvalue weighted by Gasteiger charge is -2.04. The maximum Gasteiger partial charge on any atom is 0.343 e. The first-order valence-electron chi connectivity index (χ1n) is 7.76. The number of halogens is 1. The summed E-state index contributed by atoms with van der Waals surface area (Å²) in [6, 6.07) is 22.6. The number of hydrogen-bond acceptors (Lipinski definition) is 4. The van der Waals surface area contributed by atoms with Gasteiger partial charge in [-0.1, -0.05) is 23.7 Å². The molecule has 0 saturated carbocycles. The molecule has 0 aliphatic heterocycles. The van der Waals surface area contributed by atoms with E-state index in [0.29, 0.717) is 21.9 Å². The molecule has 0 heterocycles. The predicted octanol–water partition coefficient (Wildman–Crippen LogP) is 5.18. The minimum absolute atomic E-state index is 0.428. The molecule has 0 fully saturated rings. The van der Waals surface area contributed by atoms with Crippen LogP contribution >= 0.6 is 11.6 Å². The molecule has 4 nitrogen and oxygen atoms in total. The maximum absolute atomic E-state index is 12.1. The molecule has 0 radical (unpaired) electrons. The molecule has 126 valence electrons. The summed E-state index contributed by atoms with van der Waals surface area (Å²) >= 11 is 5.80. The van der Waals surface area contributed by atoms with Gasteiger partial charge in [-0.25, -0.2) is 4.79 Å². The number of ether oxygens (including phenoxy) is 1. The Bertz CT molecular complexity index is 971. The largest absolute Gasteiger partial charge is 0.423 e. The zero-order valence-electron chi connectivity index (χ0n) is 13.6. The third-order valence-corrected chi connectivity index (χ3v) is 3.78. The lowest BCUT2D eigenvalue weighted by Crippen LogP contribution is -2.07. The standard InChI is InChI=1S/C21H13ClN2O2/c22-18-7-5-17(6-8-18)21(25)26-20-11-9-19(10-12-20)24-14-16-3-1-15(13-23)2-4-16/h1-12,14H. The van der Waals surface area contributed by atoms with E-state index in [1.807, 2.05) is 12.1 Å². The lowest BCUT2D eigenvalue weighted by atomic mass is 10.2. The summed E-state index contributed by atoms with van der Waals surface area (Å²) in [5, 5.41) is 9.35. The summed E-state index contributed by atoms with van der Waals surface area (Å²) in [7, 11) is 0. The summed E-state index contributed by atoms with van der Waals surface area (Å²) in [5.41, 5.74) is 2.65. The van der Waals surface area contributed by atoms with E-state index in [-0.39, 0.29) is 0 Å². The quantitative estimate of drug-likeness (QED) is 0.366. The molecular formula is C21H13ClN2O2. The highest BCUT2D eigenvalue weighted by Crippen LogP contribution is 2.20.